The second-order valence-electron chi connectivity index (χ2n) is 11.2. The summed E-state index contributed by atoms with van der Waals surface area (Å²) < 4.78 is 13.0. The first-order valence-electron chi connectivity index (χ1n) is 14.6. The number of carbonyl (C=O) groups excluding carboxylic acids is 1. The lowest BCUT2D eigenvalue weighted by Crippen LogP contribution is -2.42. The first kappa shape index (κ1) is 30.0. The molecule has 3 aromatic carbocycles. The predicted molar refractivity (Wildman–Crippen MR) is 168 cm³/mol. The zero-order chi connectivity index (χ0) is 29.6. The number of ether oxygens (including phenoxy) is 2. The van der Waals surface area contributed by atoms with Crippen LogP contribution in [0.15, 0.2) is 66.7 Å². The van der Waals surface area contributed by atoms with Gasteiger partial charge in [0.1, 0.15) is 0 Å². The Bertz CT molecular complexity index is 1520. The second kappa shape index (κ2) is 13.6. The molecular weight excluding hydrogens is 550 g/mol. The van der Waals surface area contributed by atoms with Gasteiger partial charge in [-0.3, -0.25) is 4.79 Å². The summed E-state index contributed by atoms with van der Waals surface area (Å²) in [4.78, 5) is 15.4. The highest BCUT2D eigenvalue weighted by molar-refractivity contribution is 6.32. The average molecular weight is 590 g/mol. The van der Waals surface area contributed by atoms with Crippen LogP contribution in [0.3, 0.4) is 0 Å². The van der Waals surface area contributed by atoms with Gasteiger partial charge in [-0.2, -0.15) is 0 Å². The standard InChI is InChI=1S/C34H40ClN3O4/c1-41-16-6-15-38-30-9-4-3-7-25(30)19-31(38)26-8-5-14-37(22-26)33(39)21-28(36)17-23-10-12-24(13-11-23)27-18-29(35)34(40)32(20-27)42-2/h3-4,7,9-13,18-20,26,28,40H,5-6,8,14-17,21-22,36H2,1-2H3. The minimum absolute atomic E-state index is 0.0698. The zero-order valence-corrected chi connectivity index (χ0v) is 25.1. The van der Waals surface area contributed by atoms with Crippen LogP contribution >= 0.6 is 11.6 Å². The van der Waals surface area contributed by atoms with Gasteiger partial charge in [-0.25, -0.2) is 0 Å². The molecule has 1 aliphatic heterocycles. The van der Waals surface area contributed by atoms with Gasteiger partial charge in [0.05, 0.1) is 12.1 Å². The lowest BCUT2D eigenvalue weighted by Gasteiger charge is -2.34. The van der Waals surface area contributed by atoms with Crippen LogP contribution in [-0.2, 0) is 22.5 Å². The first-order chi connectivity index (χ1) is 20.4. The van der Waals surface area contributed by atoms with Gasteiger partial charge in [0.25, 0.3) is 0 Å². The fraction of sp³-hybridized carbons (Fsp3) is 0.382. The Kier molecular flexibility index (Phi) is 9.73. The number of phenols is 1. The number of piperidine rings is 1. The highest BCUT2D eigenvalue weighted by Gasteiger charge is 2.28. The molecule has 2 unspecified atom stereocenters. The van der Waals surface area contributed by atoms with Gasteiger partial charge >= 0.3 is 0 Å². The Balaban J connectivity index is 1.21. The number of aromatic hydroxyl groups is 1. The minimum Gasteiger partial charge on any atom is -0.503 e. The maximum Gasteiger partial charge on any atom is 0.224 e. The number of fused-ring (bicyclic) bond motifs is 1. The van der Waals surface area contributed by atoms with Gasteiger partial charge in [-0.05, 0) is 72.0 Å². The average Bonchev–Trinajstić information content (AvgIpc) is 3.37. The Labute approximate surface area is 252 Å². The molecule has 0 spiro atoms. The lowest BCUT2D eigenvalue weighted by molar-refractivity contribution is -0.132. The quantitative estimate of drug-likeness (QED) is 0.198. The van der Waals surface area contributed by atoms with E-state index in [1.54, 1.807) is 19.2 Å². The summed E-state index contributed by atoms with van der Waals surface area (Å²) >= 11 is 6.17. The molecule has 2 atom stereocenters. The van der Waals surface area contributed by atoms with Crippen LogP contribution in [0, 0.1) is 0 Å². The van der Waals surface area contributed by atoms with Crippen LogP contribution in [0.4, 0.5) is 0 Å². The van der Waals surface area contributed by atoms with Gasteiger partial charge in [0, 0.05) is 62.9 Å². The highest BCUT2D eigenvalue weighted by Crippen LogP contribution is 2.38. The van der Waals surface area contributed by atoms with Crippen molar-refractivity contribution >= 4 is 28.4 Å². The summed E-state index contributed by atoms with van der Waals surface area (Å²) in [5, 5.41) is 11.5. The third-order valence-corrected chi connectivity index (χ3v) is 8.52. The number of hydrogen-bond donors (Lipinski definition) is 2. The van der Waals surface area contributed by atoms with Gasteiger partial charge in [-0.15, -0.1) is 0 Å². The summed E-state index contributed by atoms with van der Waals surface area (Å²) in [5.41, 5.74) is 11.9. The van der Waals surface area contributed by atoms with E-state index in [0.29, 0.717) is 24.5 Å². The van der Waals surface area contributed by atoms with Crippen molar-refractivity contribution in [1.29, 1.82) is 0 Å². The van der Waals surface area contributed by atoms with Crippen LogP contribution in [0.5, 0.6) is 11.5 Å². The number of likely N-dealkylation sites (tertiary alicyclic amines) is 1. The summed E-state index contributed by atoms with van der Waals surface area (Å²) in [6.45, 7) is 3.12. The number of halogens is 1. The van der Waals surface area contributed by atoms with Gasteiger partial charge in [0.15, 0.2) is 11.5 Å². The number of hydrogen-bond acceptors (Lipinski definition) is 5. The van der Waals surface area contributed by atoms with E-state index in [9.17, 15) is 9.90 Å². The number of methoxy groups -OCH3 is 2. The van der Waals surface area contributed by atoms with E-state index in [1.165, 1.54) is 23.7 Å². The van der Waals surface area contributed by atoms with Crippen molar-refractivity contribution in [2.45, 2.75) is 50.6 Å². The van der Waals surface area contributed by atoms with E-state index < -0.39 is 0 Å². The molecule has 222 valence electrons. The number of rotatable bonds is 11. The molecule has 0 saturated carbocycles. The van der Waals surface area contributed by atoms with Gasteiger partial charge in [-0.1, -0.05) is 54.1 Å². The molecule has 7 nitrogen and oxygen atoms in total. The van der Waals surface area contributed by atoms with E-state index in [1.807, 2.05) is 29.2 Å². The Morgan fingerprint density at radius 2 is 1.88 bits per heavy atom. The minimum atomic E-state index is -0.271. The molecule has 1 aromatic heterocycles. The van der Waals surface area contributed by atoms with Crippen LogP contribution < -0.4 is 10.5 Å². The molecule has 1 fully saturated rings. The normalized spacial score (nSPS) is 16.1. The van der Waals surface area contributed by atoms with E-state index in [4.69, 9.17) is 26.8 Å². The van der Waals surface area contributed by atoms with Gasteiger partial charge in [0.2, 0.25) is 5.91 Å². The van der Waals surface area contributed by atoms with Crippen LogP contribution in [-0.4, -0.2) is 60.4 Å². The zero-order valence-electron chi connectivity index (χ0n) is 24.4. The van der Waals surface area contributed by atoms with Crippen molar-refractivity contribution < 1.29 is 19.4 Å². The fourth-order valence-electron chi connectivity index (χ4n) is 6.09. The van der Waals surface area contributed by atoms with E-state index in [2.05, 4.69) is 34.9 Å². The number of benzene rings is 3. The number of phenolic OH excluding ortho intramolecular Hbond substituents is 1. The van der Waals surface area contributed by atoms with Gasteiger partial charge < -0.3 is 29.8 Å². The van der Waals surface area contributed by atoms with E-state index in [-0.39, 0.29) is 22.7 Å². The highest BCUT2D eigenvalue weighted by atomic mass is 35.5. The molecule has 2 heterocycles. The topological polar surface area (TPSA) is 90.0 Å². The van der Waals surface area contributed by atoms with Crippen LogP contribution in [0.2, 0.25) is 5.02 Å². The summed E-state index contributed by atoms with van der Waals surface area (Å²) in [6.07, 6.45) is 3.93. The lowest BCUT2D eigenvalue weighted by atomic mass is 9.93. The number of aromatic nitrogens is 1. The third kappa shape index (κ3) is 6.75. The van der Waals surface area contributed by atoms with E-state index in [0.717, 1.165) is 62.2 Å². The first-order valence-corrected chi connectivity index (χ1v) is 15.0. The Morgan fingerprint density at radius 3 is 2.64 bits per heavy atom. The van der Waals surface area contributed by atoms with Crippen LogP contribution in [0.25, 0.3) is 22.0 Å². The number of amides is 1. The summed E-state index contributed by atoms with van der Waals surface area (Å²) in [7, 11) is 3.24. The molecule has 42 heavy (non-hydrogen) atoms. The molecule has 8 heteroatoms. The number of nitrogens with two attached hydrogens (primary N) is 1. The molecular formula is C34H40ClN3O4. The molecule has 3 N–H and O–H groups in total. The maximum atomic E-state index is 13.4. The fourth-order valence-corrected chi connectivity index (χ4v) is 6.30. The molecule has 0 bridgehead atoms. The summed E-state index contributed by atoms with van der Waals surface area (Å²) in [6, 6.07) is 22.0. The van der Waals surface area contributed by atoms with E-state index >= 15 is 0 Å². The third-order valence-electron chi connectivity index (χ3n) is 8.24. The molecule has 4 aromatic rings. The smallest absolute Gasteiger partial charge is 0.224 e. The van der Waals surface area contributed by atoms with Crippen molar-refractivity contribution in [3.05, 3.63) is 83.0 Å². The van der Waals surface area contributed by atoms with Crippen molar-refractivity contribution in [2.75, 3.05) is 33.9 Å². The number of nitrogens with zero attached hydrogens (tertiary/aromatic N) is 2. The Hall–Kier alpha value is -3.52. The van der Waals surface area contributed by atoms with Crippen LogP contribution in [0.1, 0.15) is 42.9 Å². The number of para-hydroxylation sites is 1. The van der Waals surface area contributed by atoms with Crippen molar-refractivity contribution in [3.63, 3.8) is 0 Å². The SMILES string of the molecule is COCCCn1c(C2CCCN(C(=O)CC(N)Cc3ccc(-c4cc(Cl)c(O)c(OC)c4)cc3)C2)cc2ccccc21. The molecule has 5 rings (SSSR count). The maximum absolute atomic E-state index is 13.4. The van der Waals surface area contributed by atoms with Crippen molar-refractivity contribution in [1.82, 2.24) is 9.47 Å². The molecule has 1 aliphatic rings. The molecule has 0 radical (unpaired) electrons. The van der Waals surface area contributed by atoms with Crippen molar-refractivity contribution in [3.8, 4) is 22.6 Å². The largest absolute Gasteiger partial charge is 0.503 e. The Morgan fingerprint density at radius 1 is 1.10 bits per heavy atom. The molecule has 0 aliphatic carbocycles. The monoisotopic (exact) mass is 589 g/mol. The number of aryl methyl sites for hydroxylation is 1. The molecule has 1 saturated heterocycles. The molecule has 1 amide bonds. The number of carbonyl (C=O) groups is 1. The predicted octanol–water partition coefficient (Wildman–Crippen LogP) is 6.38. The van der Waals surface area contributed by atoms with Crippen molar-refractivity contribution in [2.24, 2.45) is 5.73 Å². The second-order valence-corrected chi connectivity index (χ2v) is 11.6. The summed E-state index contributed by atoms with van der Waals surface area (Å²) in [5.74, 6) is 0.680.